The summed E-state index contributed by atoms with van der Waals surface area (Å²) in [7, 11) is 1.64. The maximum Gasteiger partial charge on any atom is 0.222 e. The van der Waals surface area contributed by atoms with Crippen LogP contribution in [0, 0.1) is 5.92 Å². The third kappa shape index (κ3) is 4.90. The lowest BCUT2D eigenvalue weighted by atomic mass is 9.96. The van der Waals surface area contributed by atoms with Crippen molar-refractivity contribution in [3.8, 4) is 11.5 Å². The normalized spacial score (nSPS) is 20.0. The van der Waals surface area contributed by atoms with E-state index in [1.807, 2.05) is 23.1 Å². The van der Waals surface area contributed by atoms with Crippen molar-refractivity contribution >= 4 is 11.8 Å². The summed E-state index contributed by atoms with van der Waals surface area (Å²) >= 11 is 0. The van der Waals surface area contributed by atoms with E-state index in [0.717, 1.165) is 49.3 Å². The van der Waals surface area contributed by atoms with Gasteiger partial charge in [-0.3, -0.25) is 9.59 Å². The van der Waals surface area contributed by atoms with E-state index < -0.39 is 0 Å². The molecule has 1 aromatic rings. The lowest BCUT2D eigenvalue weighted by Gasteiger charge is -2.26. The molecule has 0 spiro atoms. The molecule has 6 heteroatoms. The standard InChI is InChI=1S/C20H28N2O4/c1-25-17-7-6-16-11-15(14-26-18(16)12-17)13-21-19(23)8-10-22-9-4-2-3-5-20(22)24/h6-7,12,15H,2-5,8-11,13-14H2,1H3,(H,21,23). The summed E-state index contributed by atoms with van der Waals surface area (Å²) in [6, 6.07) is 5.86. The number of rotatable bonds is 6. The molecule has 2 aliphatic heterocycles. The Balaban J connectivity index is 1.41. The first-order valence-electron chi connectivity index (χ1n) is 9.50. The third-order valence-electron chi connectivity index (χ3n) is 5.13. The van der Waals surface area contributed by atoms with Gasteiger partial charge >= 0.3 is 0 Å². The Kier molecular flexibility index (Phi) is 6.36. The van der Waals surface area contributed by atoms with Gasteiger partial charge in [0, 0.05) is 44.5 Å². The smallest absolute Gasteiger partial charge is 0.222 e. The molecule has 0 aromatic heterocycles. The van der Waals surface area contributed by atoms with Crippen molar-refractivity contribution in [2.75, 3.05) is 33.4 Å². The van der Waals surface area contributed by atoms with Gasteiger partial charge < -0.3 is 19.7 Å². The molecule has 6 nitrogen and oxygen atoms in total. The number of hydrogen-bond acceptors (Lipinski definition) is 4. The van der Waals surface area contributed by atoms with Crippen LogP contribution < -0.4 is 14.8 Å². The van der Waals surface area contributed by atoms with Gasteiger partial charge in [0.2, 0.25) is 11.8 Å². The molecular weight excluding hydrogens is 332 g/mol. The summed E-state index contributed by atoms with van der Waals surface area (Å²) in [5, 5.41) is 2.99. The number of benzene rings is 1. The summed E-state index contributed by atoms with van der Waals surface area (Å²) in [5.74, 6) is 2.11. The number of methoxy groups -OCH3 is 1. The van der Waals surface area contributed by atoms with Crippen molar-refractivity contribution in [2.45, 2.75) is 38.5 Å². The lowest BCUT2D eigenvalue weighted by molar-refractivity contribution is -0.131. The number of nitrogens with zero attached hydrogens (tertiary/aromatic N) is 1. The van der Waals surface area contributed by atoms with Crippen LogP contribution in [-0.2, 0) is 16.0 Å². The molecule has 0 aliphatic carbocycles. The van der Waals surface area contributed by atoms with E-state index in [-0.39, 0.29) is 17.7 Å². The molecular formula is C20H28N2O4. The summed E-state index contributed by atoms with van der Waals surface area (Å²) in [6.45, 7) is 2.49. The van der Waals surface area contributed by atoms with Crippen LogP contribution in [0.5, 0.6) is 11.5 Å². The van der Waals surface area contributed by atoms with Crippen LogP contribution in [0.15, 0.2) is 18.2 Å². The first-order chi connectivity index (χ1) is 12.7. The predicted octanol–water partition coefficient (Wildman–Crippen LogP) is 2.16. The van der Waals surface area contributed by atoms with Crippen molar-refractivity contribution in [3.63, 3.8) is 0 Å². The molecule has 2 amide bonds. The Hall–Kier alpha value is -2.24. The van der Waals surface area contributed by atoms with Gasteiger partial charge in [0.05, 0.1) is 13.7 Å². The molecule has 3 rings (SSSR count). The Bertz CT molecular complexity index is 647. The van der Waals surface area contributed by atoms with Gasteiger partial charge in [-0.15, -0.1) is 0 Å². The molecule has 1 N–H and O–H groups in total. The number of carbonyl (C=O) groups excluding carboxylic acids is 2. The van der Waals surface area contributed by atoms with Crippen LogP contribution in [0.1, 0.15) is 37.7 Å². The fourth-order valence-electron chi connectivity index (χ4n) is 3.53. The summed E-state index contributed by atoms with van der Waals surface area (Å²) < 4.78 is 11.0. The van der Waals surface area contributed by atoms with Gasteiger partial charge in [-0.25, -0.2) is 0 Å². The van der Waals surface area contributed by atoms with Gasteiger partial charge in [0.25, 0.3) is 0 Å². The van der Waals surface area contributed by atoms with E-state index in [1.54, 1.807) is 7.11 Å². The maximum atomic E-state index is 12.1. The zero-order chi connectivity index (χ0) is 18.4. The van der Waals surface area contributed by atoms with Crippen molar-refractivity contribution in [1.82, 2.24) is 10.2 Å². The van der Waals surface area contributed by atoms with Gasteiger partial charge in [0.1, 0.15) is 11.5 Å². The average molecular weight is 360 g/mol. The number of hydrogen-bond donors (Lipinski definition) is 1. The van der Waals surface area contributed by atoms with E-state index in [4.69, 9.17) is 9.47 Å². The highest BCUT2D eigenvalue weighted by Gasteiger charge is 2.22. The van der Waals surface area contributed by atoms with E-state index in [2.05, 4.69) is 5.32 Å². The zero-order valence-corrected chi connectivity index (χ0v) is 15.5. The first kappa shape index (κ1) is 18.5. The second kappa shape index (κ2) is 8.92. The van der Waals surface area contributed by atoms with Gasteiger partial charge in [-0.1, -0.05) is 12.5 Å². The summed E-state index contributed by atoms with van der Waals surface area (Å²) in [5.41, 5.74) is 1.14. The Morgan fingerprint density at radius 3 is 3.08 bits per heavy atom. The molecule has 1 aromatic carbocycles. The fourth-order valence-corrected chi connectivity index (χ4v) is 3.53. The van der Waals surface area contributed by atoms with Crippen molar-refractivity contribution in [2.24, 2.45) is 5.92 Å². The molecule has 0 bridgehead atoms. The van der Waals surface area contributed by atoms with Crippen LogP contribution >= 0.6 is 0 Å². The number of ether oxygens (including phenoxy) is 2. The molecule has 142 valence electrons. The van der Waals surface area contributed by atoms with E-state index in [0.29, 0.717) is 32.5 Å². The highest BCUT2D eigenvalue weighted by Crippen LogP contribution is 2.30. The molecule has 26 heavy (non-hydrogen) atoms. The largest absolute Gasteiger partial charge is 0.497 e. The quantitative estimate of drug-likeness (QED) is 0.844. The Morgan fingerprint density at radius 2 is 2.23 bits per heavy atom. The zero-order valence-electron chi connectivity index (χ0n) is 15.5. The van der Waals surface area contributed by atoms with Gasteiger partial charge in [0.15, 0.2) is 0 Å². The van der Waals surface area contributed by atoms with Crippen molar-refractivity contribution in [3.05, 3.63) is 23.8 Å². The highest BCUT2D eigenvalue weighted by molar-refractivity contribution is 5.79. The van der Waals surface area contributed by atoms with Crippen LogP contribution in [0.25, 0.3) is 0 Å². The van der Waals surface area contributed by atoms with Crippen molar-refractivity contribution < 1.29 is 19.1 Å². The first-order valence-corrected chi connectivity index (χ1v) is 9.50. The number of fused-ring (bicyclic) bond motifs is 1. The monoisotopic (exact) mass is 360 g/mol. The molecule has 0 radical (unpaired) electrons. The van der Waals surface area contributed by atoms with Crippen LogP contribution in [0.3, 0.4) is 0 Å². The maximum absolute atomic E-state index is 12.1. The SMILES string of the molecule is COc1ccc2c(c1)OCC(CNC(=O)CCN1CCCCCC1=O)C2. The van der Waals surface area contributed by atoms with E-state index >= 15 is 0 Å². The average Bonchev–Trinajstić information content (AvgIpc) is 2.88. The molecule has 2 aliphatic rings. The topological polar surface area (TPSA) is 67.9 Å². The van der Waals surface area contributed by atoms with Crippen LogP contribution in [0.4, 0.5) is 0 Å². The molecule has 1 atom stereocenters. The second-order valence-corrected chi connectivity index (χ2v) is 7.10. The minimum atomic E-state index is 0.00238. The molecule has 1 saturated heterocycles. The summed E-state index contributed by atoms with van der Waals surface area (Å²) in [6.07, 6.45) is 4.97. The van der Waals surface area contributed by atoms with Crippen LogP contribution in [0.2, 0.25) is 0 Å². The molecule has 2 heterocycles. The van der Waals surface area contributed by atoms with Gasteiger partial charge in [-0.2, -0.15) is 0 Å². The minimum Gasteiger partial charge on any atom is -0.497 e. The lowest BCUT2D eigenvalue weighted by Crippen LogP contribution is -2.38. The Labute approximate surface area is 154 Å². The molecule has 1 unspecified atom stereocenters. The van der Waals surface area contributed by atoms with E-state index in [1.165, 1.54) is 0 Å². The van der Waals surface area contributed by atoms with E-state index in [9.17, 15) is 9.59 Å². The predicted molar refractivity (Wildman–Crippen MR) is 98.4 cm³/mol. The number of carbonyl (C=O) groups is 2. The second-order valence-electron chi connectivity index (χ2n) is 7.10. The number of amides is 2. The number of nitrogens with one attached hydrogen (secondary N) is 1. The van der Waals surface area contributed by atoms with Crippen LogP contribution in [-0.4, -0.2) is 50.1 Å². The Morgan fingerprint density at radius 1 is 1.35 bits per heavy atom. The minimum absolute atomic E-state index is 0.00238. The third-order valence-corrected chi connectivity index (χ3v) is 5.13. The number of likely N-dealkylation sites (tertiary alicyclic amines) is 1. The fraction of sp³-hybridized carbons (Fsp3) is 0.600. The summed E-state index contributed by atoms with van der Waals surface area (Å²) in [4.78, 5) is 25.9. The van der Waals surface area contributed by atoms with Gasteiger partial charge in [-0.05, 0) is 30.9 Å². The van der Waals surface area contributed by atoms with Crippen molar-refractivity contribution in [1.29, 1.82) is 0 Å². The molecule has 0 saturated carbocycles. The highest BCUT2D eigenvalue weighted by atomic mass is 16.5. The molecule has 1 fully saturated rings.